The number of aryl methyl sites for hydroxylation is 1. The van der Waals surface area contributed by atoms with Crippen LogP contribution in [0.15, 0.2) is 71.2 Å². The molecule has 0 radical (unpaired) electrons. The first-order chi connectivity index (χ1) is 14.6. The maximum atomic E-state index is 11.6. The monoisotopic (exact) mass is 399 g/mol. The van der Waals surface area contributed by atoms with Crippen molar-refractivity contribution in [3.8, 4) is 28.3 Å². The summed E-state index contributed by atoms with van der Waals surface area (Å²) >= 11 is 0. The highest BCUT2D eigenvalue weighted by molar-refractivity contribution is 5.96. The highest BCUT2D eigenvalue weighted by atomic mass is 16.5. The van der Waals surface area contributed by atoms with Crippen molar-refractivity contribution in [2.75, 3.05) is 14.2 Å². The van der Waals surface area contributed by atoms with Crippen LogP contribution in [-0.2, 0) is 9.53 Å². The number of rotatable bonds is 5. The number of benzene rings is 3. The molecule has 1 heterocycles. The minimum absolute atomic E-state index is 0.427. The number of aromatic nitrogens is 1. The molecule has 150 valence electrons. The minimum Gasteiger partial charge on any atom is -0.497 e. The van der Waals surface area contributed by atoms with Gasteiger partial charge in [-0.25, -0.2) is 9.78 Å². The Balaban J connectivity index is 1.91. The lowest BCUT2D eigenvalue weighted by molar-refractivity contribution is -0.134. The molecule has 0 unspecified atom stereocenters. The third-order valence-corrected chi connectivity index (χ3v) is 4.80. The van der Waals surface area contributed by atoms with Gasteiger partial charge in [-0.1, -0.05) is 18.2 Å². The Morgan fingerprint density at radius 3 is 2.53 bits per heavy atom. The van der Waals surface area contributed by atoms with E-state index in [1.54, 1.807) is 13.2 Å². The quantitative estimate of drug-likeness (QED) is 0.320. The molecule has 0 saturated carbocycles. The van der Waals surface area contributed by atoms with E-state index < -0.39 is 5.97 Å². The highest BCUT2D eigenvalue weighted by Gasteiger charge is 2.16. The minimum atomic E-state index is -0.427. The summed E-state index contributed by atoms with van der Waals surface area (Å²) in [7, 11) is 2.96. The molecule has 5 nitrogen and oxygen atoms in total. The summed E-state index contributed by atoms with van der Waals surface area (Å²) in [6.45, 7) is 2.02. The zero-order valence-corrected chi connectivity index (χ0v) is 17.0. The molecule has 0 spiro atoms. The van der Waals surface area contributed by atoms with Crippen LogP contribution >= 0.6 is 0 Å². The van der Waals surface area contributed by atoms with E-state index in [1.807, 2.05) is 61.5 Å². The molecular weight excluding hydrogens is 378 g/mol. The molecule has 0 amide bonds. The Hall–Kier alpha value is -3.86. The summed E-state index contributed by atoms with van der Waals surface area (Å²) in [5.41, 5.74) is 6.05. The fraction of sp³-hybridized carbons (Fsp3) is 0.120. The van der Waals surface area contributed by atoms with E-state index in [2.05, 4.69) is 6.07 Å². The number of hydrogen-bond donors (Lipinski definition) is 0. The van der Waals surface area contributed by atoms with Crippen LogP contribution in [0, 0.1) is 6.92 Å². The smallest absolute Gasteiger partial charge is 0.330 e. The molecule has 0 aliphatic heterocycles. The molecule has 30 heavy (non-hydrogen) atoms. The molecule has 0 saturated heterocycles. The Kier molecular flexibility index (Phi) is 5.35. The van der Waals surface area contributed by atoms with Crippen molar-refractivity contribution in [2.24, 2.45) is 0 Å². The van der Waals surface area contributed by atoms with Gasteiger partial charge in [-0.05, 0) is 72.2 Å². The van der Waals surface area contributed by atoms with Gasteiger partial charge in [0.15, 0.2) is 5.58 Å². The van der Waals surface area contributed by atoms with Gasteiger partial charge < -0.3 is 13.9 Å². The van der Waals surface area contributed by atoms with Gasteiger partial charge in [0.2, 0.25) is 5.89 Å². The first kappa shape index (κ1) is 19.5. The third-order valence-electron chi connectivity index (χ3n) is 4.80. The van der Waals surface area contributed by atoms with Crippen molar-refractivity contribution in [1.29, 1.82) is 0 Å². The molecule has 0 aliphatic carbocycles. The van der Waals surface area contributed by atoms with Crippen LogP contribution in [0.3, 0.4) is 0 Å². The second kappa shape index (κ2) is 8.25. The van der Waals surface area contributed by atoms with Gasteiger partial charge >= 0.3 is 5.97 Å². The molecule has 0 fully saturated rings. The molecule has 0 bridgehead atoms. The predicted molar refractivity (Wildman–Crippen MR) is 117 cm³/mol. The Morgan fingerprint density at radius 1 is 1.00 bits per heavy atom. The molecule has 3 aromatic carbocycles. The summed E-state index contributed by atoms with van der Waals surface area (Å²) in [5.74, 6) is 0.830. The third kappa shape index (κ3) is 3.82. The van der Waals surface area contributed by atoms with Crippen LogP contribution in [0.4, 0.5) is 0 Å². The summed E-state index contributed by atoms with van der Waals surface area (Å²) in [6.07, 6.45) is 3.10. The SMILES string of the molecule is COC(=O)/C=C/c1cc(OC)ccc1-c1cc(C)cc2nc(-c3ccccc3)oc12. The van der Waals surface area contributed by atoms with E-state index in [1.165, 1.54) is 13.2 Å². The number of ether oxygens (including phenoxy) is 2. The lowest BCUT2D eigenvalue weighted by atomic mass is 9.96. The number of fused-ring (bicyclic) bond motifs is 1. The molecule has 0 aliphatic rings. The normalized spacial score (nSPS) is 11.2. The summed E-state index contributed by atoms with van der Waals surface area (Å²) in [4.78, 5) is 16.3. The number of hydrogen-bond acceptors (Lipinski definition) is 5. The average molecular weight is 399 g/mol. The number of carbonyl (C=O) groups is 1. The zero-order valence-electron chi connectivity index (χ0n) is 17.0. The zero-order chi connectivity index (χ0) is 21.1. The van der Waals surface area contributed by atoms with Gasteiger partial charge in [0.05, 0.1) is 14.2 Å². The van der Waals surface area contributed by atoms with Crippen molar-refractivity contribution < 1.29 is 18.7 Å². The van der Waals surface area contributed by atoms with Crippen molar-refractivity contribution >= 4 is 23.1 Å². The number of oxazole rings is 1. The topological polar surface area (TPSA) is 61.6 Å². The number of carbonyl (C=O) groups excluding carboxylic acids is 1. The van der Waals surface area contributed by atoms with Crippen molar-refractivity contribution in [3.05, 3.63) is 77.9 Å². The Morgan fingerprint density at radius 2 is 1.80 bits per heavy atom. The van der Waals surface area contributed by atoms with Crippen LogP contribution in [0.2, 0.25) is 0 Å². The predicted octanol–water partition coefficient (Wildman–Crippen LogP) is 5.67. The van der Waals surface area contributed by atoms with Crippen molar-refractivity contribution in [2.45, 2.75) is 6.92 Å². The van der Waals surface area contributed by atoms with E-state index in [4.69, 9.17) is 18.9 Å². The fourth-order valence-corrected chi connectivity index (χ4v) is 3.35. The van der Waals surface area contributed by atoms with E-state index in [-0.39, 0.29) is 0 Å². The first-order valence-electron chi connectivity index (χ1n) is 9.50. The number of esters is 1. The van der Waals surface area contributed by atoms with E-state index in [9.17, 15) is 4.79 Å². The second-order valence-electron chi connectivity index (χ2n) is 6.86. The maximum absolute atomic E-state index is 11.6. The van der Waals surface area contributed by atoms with Crippen LogP contribution in [0.25, 0.3) is 39.8 Å². The van der Waals surface area contributed by atoms with Gasteiger partial charge in [0.25, 0.3) is 0 Å². The summed E-state index contributed by atoms with van der Waals surface area (Å²) in [6, 6.07) is 19.6. The van der Waals surface area contributed by atoms with Crippen molar-refractivity contribution in [1.82, 2.24) is 4.98 Å². The average Bonchev–Trinajstić information content (AvgIpc) is 3.21. The summed E-state index contributed by atoms with van der Waals surface area (Å²) in [5, 5.41) is 0. The molecule has 1 aromatic heterocycles. The molecular formula is C25H21NO4. The number of nitrogens with zero attached hydrogens (tertiary/aromatic N) is 1. The van der Waals surface area contributed by atoms with Crippen LogP contribution in [0.1, 0.15) is 11.1 Å². The van der Waals surface area contributed by atoms with E-state index >= 15 is 0 Å². The van der Waals surface area contributed by atoms with Crippen molar-refractivity contribution in [3.63, 3.8) is 0 Å². The largest absolute Gasteiger partial charge is 0.497 e. The second-order valence-corrected chi connectivity index (χ2v) is 6.86. The van der Waals surface area contributed by atoms with Crippen LogP contribution in [0.5, 0.6) is 5.75 Å². The standard InChI is InChI=1S/C25H21NO4/c1-16-13-21(20-11-10-19(28-2)15-18(20)9-12-23(27)29-3)24-22(14-16)26-25(30-24)17-7-5-4-6-8-17/h4-15H,1-3H3/b12-9+. The number of methoxy groups -OCH3 is 2. The molecule has 0 atom stereocenters. The molecule has 4 aromatic rings. The van der Waals surface area contributed by atoms with E-state index in [0.717, 1.165) is 33.3 Å². The van der Waals surface area contributed by atoms with Gasteiger partial charge in [-0.2, -0.15) is 0 Å². The van der Waals surface area contributed by atoms with Gasteiger partial charge in [0, 0.05) is 17.2 Å². The lowest BCUT2D eigenvalue weighted by Crippen LogP contribution is -1.94. The Labute approximate surface area is 174 Å². The van der Waals surface area contributed by atoms with Gasteiger partial charge in [-0.15, -0.1) is 0 Å². The highest BCUT2D eigenvalue weighted by Crippen LogP contribution is 2.36. The first-order valence-corrected chi connectivity index (χ1v) is 9.50. The van der Waals surface area contributed by atoms with Crippen LogP contribution in [-0.4, -0.2) is 25.2 Å². The maximum Gasteiger partial charge on any atom is 0.330 e. The van der Waals surface area contributed by atoms with E-state index in [0.29, 0.717) is 17.2 Å². The van der Waals surface area contributed by atoms with Gasteiger partial charge in [-0.3, -0.25) is 0 Å². The Bertz CT molecular complexity index is 1240. The molecule has 0 N–H and O–H groups in total. The molecule has 4 rings (SSSR count). The van der Waals surface area contributed by atoms with Crippen LogP contribution < -0.4 is 4.74 Å². The summed E-state index contributed by atoms with van der Waals surface area (Å²) < 4.78 is 16.3. The molecule has 5 heteroatoms. The fourth-order valence-electron chi connectivity index (χ4n) is 3.35. The lowest BCUT2D eigenvalue weighted by Gasteiger charge is -2.10. The van der Waals surface area contributed by atoms with Gasteiger partial charge in [0.1, 0.15) is 11.3 Å².